The van der Waals surface area contributed by atoms with Crippen LogP contribution in [0.3, 0.4) is 0 Å². The number of carbonyl (C=O) groups is 1. The molecule has 84 valence electrons. The molecule has 1 atom stereocenters. The monoisotopic (exact) mass is 258 g/mol. The van der Waals surface area contributed by atoms with Crippen molar-refractivity contribution >= 4 is 29.2 Å². The van der Waals surface area contributed by atoms with E-state index in [1.165, 1.54) is 6.20 Å². The van der Waals surface area contributed by atoms with Gasteiger partial charge in [0.25, 0.3) is 0 Å². The summed E-state index contributed by atoms with van der Waals surface area (Å²) in [4.78, 5) is 10.0. The summed E-state index contributed by atoms with van der Waals surface area (Å²) < 4.78 is 0. The Morgan fingerprint density at radius 1 is 1.62 bits per heavy atom. The quantitative estimate of drug-likeness (QED) is 0.802. The van der Waals surface area contributed by atoms with Crippen LogP contribution >= 0.6 is 23.2 Å². The lowest BCUT2D eigenvalue weighted by atomic mass is 9.92. The first-order valence-electron chi connectivity index (χ1n) is 4.54. The molecule has 2 N–H and O–H groups in total. The van der Waals surface area contributed by atoms with Crippen molar-refractivity contribution in [2.45, 2.75) is 11.3 Å². The van der Waals surface area contributed by atoms with Crippen molar-refractivity contribution in [2.24, 2.45) is 0 Å². The second-order valence-electron chi connectivity index (χ2n) is 3.46. The number of rotatable bonds is 2. The van der Waals surface area contributed by atoms with E-state index in [1.807, 2.05) is 0 Å². The maximum absolute atomic E-state index is 10.9. The van der Waals surface area contributed by atoms with Gasteiger partial charge in [0.2, 0.25) is 0 Å². The van der Waals surface area contributed by atoms with Gasteiger partial charge in [-0.1, -0.05) is 17.7 Å². The van der Waals surface area contributed by atoms with E-state index >= 15 is 0 Å². The third-order valence-corrected chi connectivity index (χ3v) is 3.06. The van der Waals surface area contributed by atoms with Crippen molar-refractivity contribution in [3.05, 3.63) is 40.7 Å². The second kappa shape index (κ2) is 3.96. The van der Waals surface area contributed by atoms with E-state index in [0.29, 0.717) is 17.0 Å². The Morgan fingerprint density at radius 3 is 3.00 bits per heavy atom. The zero-order chi connectivity index (χ0) is 11.8. The van der Waals surface area contributed by atoms with Gasteiger partial charge in [-0.25, -0.2) is 4.79 Å². The van der Waals surface area contributed by atoms with Gasteiger partial charge in [0.15, 0.2) is 0 Å². The number of aromatic carboxylic acids is 1. The molecule has 0 fully saturated rings. The van der Waals surface area contributed by atoms with Gasteiger partial charge in [-0.15, -0.1) is 11.6 Å². The summed E-state index contributed by atoms with van der Waals surface area (Å²) in [5, 5.41) is 15.6. The molecule has 2 rings (SSSR count). The van der Waals surface area contributed by atoms with Gasteiger partial charge in [-0.05, 0) is 18.6 Å². The molecule has 0 radical (unpaired) electrons. The van der Waals surface area contributed by atoms with Crippen molar-refractivity contribution in [1.29, 1.82) is 0 Å². The predicted octanol–water partition coefficient (Wildman–Crippen LogP) is 2.62. The van der Waals surface area contributed by atoms with Crippen molar-refractivity contribution in [2.75, 3.05) is 0 Å². The number of hydrogen-bond acceptors (Lipinski definition) is 2. The van der Waals surface area contributed by atoms with Crippen LogP contribution < -0.4 is 0 Å². The number of allylic oxidation sites excluding steroid dienone is 4. The summed E-state index contributed by atoms with van der Waals surface area (Å²) in [5.74, 6) is -1.09. The summed E-state index contributed by atoms with van der Waals surface area (Å²) >= 11 is 12.2. The number of carboxylic acid groups (broad SMARTS) is 1. The lowest BCUT2D eigenvalue weighted by molar-refractivity contribution is 0.0688. The van der Waals surface area contributed by atoms with E-state index in [1.54, 1.807) is 18.2 Å². The molecule has 1 aromatic heterocycles. The highest BCUT2D eigenvalue weighted by atomic mass is 35.5. The highest BCUT2D eigenvalue weighted by molar-refractivity contribution is 6.33. The lowest BCUT2D eigenvalue weighted by Gasteiger charge is -2.24. The van der Waals surface area contributed by atoms with Crippen molar-refractivity contribution in [1.82, 2.24) is 10.2 Å². The van der Waals surface area contributed by atoms with E-state index in [4.69, 9.17) is 28.3 Å². The molecule has 4 nitrogen and oxygen atoms in total. The fourth-order valence-corrected chi connectivity index (χ4v) is 2.30. The minimum Gasteiger partial charge on any atom is -0.477 e. The Morgan fingerprint density at radius 2 is 2.38 bits per heavy atom. The van der Waals surface area contributed by atoms with Crippen LogP contribution in [0.2, 0.25) is 0 Å². The first-order chi connectivity index (χ1) is 7.53. The normalized spacial score (nSPS) is 24.2. The standard InChI is InChI=1S/C10H8Cl2N2O2/c11-6-2-1-3-10(12,4-6)7-5-13-14-8(7)9(15)16/h1-2,4-5H,3H2,(H,13,14)(H,15,16). The highest BCUT2D eigenvalue weighted by Gasteiger charge is 2.33. The zero-order valence-electron chi connectivity index (χ0n) is 8.08. The average molecular weight is 259 g/mol. The summed E-state index contributed by atoms with van der Waals surface area (Å²) in [6.07, 6.45) is 7.03. The number of aromatic nitrogens is 2. The van der Waals surface area contributed by atoms with Gasteiger partial charge < -0.3 is 5.11 Å². The average Bonchev–Trinajstić information content (AvgIpc) is 2.65. The Labute approximate surface area is 102 Å². The van der Waals surface area contributed by atoms with Crippen LogP contribution in [-0.2, 0) is 4.87 Å². The molecule has 1 aliphatic rings. The van der Waals surface area contributed by atoms with Gasteiger partial charge >= 0.3 is 5.97 Å². The smallest absolute Gasteiger partial charge is 0.354 e. The van der Waals surface area contributed by atoms with Crippen LogP contribution in [0.4, 0.5) is 0 Å². The van der Waals surface area contributed by atoms with Crippen LogP contribution in [0.5, 0.6) is 0 Å². The van der Waals surface area contributed by atoms with Gasteiger partial charge in [0.05, 0.1) is 11.1 Å². The van der Waals surface area contributed by atoms with Crippen LogP contribution in [0.1, 0.15) is 22.5 Å². The van der Waals surface area contributed by atoms with Crippen molar-refractivity contribution in [3.63, 3.8) is 0 Å². The van der Waals surface area contributed by atoms with E-state index in [2.05, 4.69) is 10.2 Å². The number of nitrogens with zero attached hydrogens (tertiary/aromatic N) is 1. The molecular formula is C10H8Cl2N2O2. The van der Waals surface area contributed by atoms with E-state index in [0.717, 1.165) is 0 Å². The predicted molar refractivity (Wildman–Crippen MR) is 60.8 cm³/mol. The Kier molecular flexibility index (Phi) is 2.78. The number of hydrogen-bond donors (Lipinski definition) is 2. The number of nitrogens with one attached hydrogen (secondary N) is 1. The minimum absolute atomic E-state index is 0.00832. The maximum Gasteiger partial charge on any atom is 0.354 e. The lowest BCUT2D eigenvalue weighted by Crippen LogP contribution is -2.19. The largest absolute Gasteiger partial charge is 0.477 e. The van der Waals surface area contributed by atoms with E-state index < -0.39 is 10.8 Å². The molecule has 0 saturated heterocycles. The first kappa shape index (κ1) is 11.2. The number of aromatic amines is 1. The second-order valence-corrected chi connectivity index (χ2v) is 4.57. The SMILES string of the molecule is O=C(O)c1[nH]ncc1C1(Cl)C=C(Cl)C=CC1. The molecule has 1 unspecified atom stereocenters. The number of alkyl halides is 1. The van der Waals surface area contributed by atoms with Gasteiger partial charge in [0, 0.05) is 10.6 Å². The minimum atomic E-state index is -1.09. The summed E-state index contributed by atoms with van der Waals surface area (Å²) in [5.41, 5.74) is 0.412. The van der Waals surface area contributed by atoms with E-state index in [9.17, 15) is 4.79 Å². The van der Waals surface area contributed by atoms with Gasteiger partial charge in [-0.2, -0.15) is 5.10 Å². The highest BCUT2D eigenvalue weighted by Crippen LogP contribution is 2.40. The molecule has 6 heteroatoms. The molecule has 1 aliphatic carbocycles. The molecule has 1 aromatic rings. The van der Waals surface area contributed by atoms with Crippen LogP contribution in [-0.4, -0.2) is 21.3 Å². The van der Waals surface area contributed by atoms with Crippen LogP contribution in [0, 0.1) is 0 Å². The number of halogens is 2. The fourth-order valence-electron chi connectivity index (χ4n) is 1.62. The molecular weight excluding hydrogens is 251 g/mol. The molecule has 0 saturated carbocycles. The molecule has 0 spiro atoms. The Hall–Kier alpha value is -1.26. The summed E-state index contributed by atoms with van der Waals surface area (Å²) in [6, 6.07) is 0. The fraction of sp³-hybridized carbons (Fsp3) is 0.200. The first-order valence-corrected chi connectivity index (χ1v) is 5.29. The van der Waals surface area contributed by atoms with Gasteiger partial charge in [-0.3, -0.25) is 5.10 Å². The third-order valence-electron chi connectivity index (χ3n) is 2.36. The molecule has 0 aromatic carbocycles. The molecule has 16 heavy (non-hydrogen) atoms. The third kappa shape index (κ3) is 1.86. The zero-order valence-corrected chi connectivity index (χ0v) is 9.59. The van der Waals surface area contributed by atoms with Crippen LogP contribution in [0.25, 0.3) is 0 Å². The summed E-state index contributed by atoms with van der Waals surface area (Å²) in [6.45, 7) is 0. The molecule has 0 bridgehead atoms. The molecule has 1 heterocycles. The van der Waals surface area contributed by atoms with Crippen molar-refractivity contribution < 1.29 is 9.90 Å². The van der Waals surface area contributed by atoms with Gasteiger partial charge in [0.1, 0.15) is 5.69 Å². The number of carboxylic acids is 1. The van der Waals surface area contributed by atoms with Crippen molar-refractivity contribution in [3.8, 4) is 0 Å². The molecule has 0 amide bonds. The Bertz CT molecular complexity index is 493. The number of H-pyrrole nitrogens is 1. The topological polar surface area (TPSA) is 66.0 Å². The maximum atomic E-state index is 10.9. The van der Waals surface area contributed by atoms with Crippen LogP contribution in [0.15, 0.2) is 29.5 Å². The molecule has 0 aliphatic heterocycles. The summed E-state index contributed by atoms with van der Waals surface area (Å²) in [7, 11) is 0. The van der Waals surface area contributed by atoms with E-state index in [-0.39, 0.29) is 5.69 Å². The Balaban J connectivity index is 2.48.